The van der Waals surface area contributed by atoms with Gasteiger partial charge in [0.05, 0.1) is 11.7 Å². The normalized spacial score (nSPS) is 28.6. The Morgan fingerprint density at radius 1 is 1.15 bits per heavy atom. The first kappa shape index (κ1) is 20.2. The second kappa shape index (κ2) is 9.04. The van der Waals surface area contributed by atoms with Crippen LogP contribution >= 0.6 is 0 Å². The van der Waals surface area contributed by atoms with Gasteiger partial charge in [0, 0.05) is 12.3 Å². The van der Waals surface area contributed by atoms with Gasteiger partial charge in [0.25, 0.3) is 0 Å². The van der Waals surface area contributed by atoms with E-state index in [-0.39, 0.29) is 17.6 Å². The van der Waals surface area contributed by atoms with Gasteiger partial charge in [-0.2, -0.15) is 0 Å². The molecule has 1 aromatic rings. The van der Waals surface area contributed by atoms with Crippen LogP contribution in [0.25, 0.3) is 0 Å². The van der Waals surface area contributed by atoms with E-state index in [0.717, 1.165) is 18.4 Å². The molecule has 0 heterocycles. The number of phenolic OH excluding ortho intramolecular Hbond substituents is 1. The predicted molar refractivity (Wildman–Crippen MR) is 103 cm³/mol. The molecule has 0 aliphatic heterocycles. The van der Waals surface area contributed by atoms with Crippen LogP contribution in [-0.2, 0) is 4.74 Å². The number of aliphatic hydroxyl groups excluding tert-OH is 1. The molecule has 0 fully saturated rings. The highest BCUT2D eigenvalue weighted by molar-refractivity contribution is 5.89. The van der Waals surface area contributed by atoms with E-state index in [1.165, 1.54) is 17.7 Å². The summed E-state index contributed by atoms with van der Waals surface area (Å²) in [6.45, 7) is 8.17. The average Bonchev–Trinajstić information content (AvgIpc) is 2.54. The smallest absolute Gasteiger partial charge is 0.338 e. The SMILES string of the molecule is C/C1=C/[C@H](O)[C@H](C(C)C)[C@@H](OC(=O)c2ccc(O)cc2)C/C(C)=C\CC1. The van der Waals surface area contributed by atoms with Crippen LogP contribution in [0.5, 0.6) is 5.75 Å². The molecule has 0 saturated heterocycles. The number of carbonyl (C=O) groups is 1. The Bertz CT molecular complexity index is 670. The summed E-state index contributed by atoms with van der Waals surface area (Å²) in [6.07, 6.45) is 5.48. The molecule has 0 amide bonds. The van der Waals surface area contributed by atoms with Crippen LogP contribution in [-0.4, -0.2) is 28.4 Å². The van der Waals surface area contributed by atoms with Gasteiger partial charge in [0.1, 0.15) is 11.9 Å². The molecule has 2 rings (SSSR count). The van der Waals surface area contributed by atoms with E-state index in [2.05, 4.69) is 6.08 Å². The molecule has 1 aliphatic carbocycles. The second-order valence-electron chi connectivity index (χ2n) is 7.61. The highest BCUT2D eigenvalue weighted by Gasteiger charge is 2.33. The number of esters is 1. The van der Waals surface area contributed by atoms with Crippen molar-refractivity contribution in [3.05, 3.63) is 53.1 Å². The van der Waals surface area contributed by atoms with Gasteiger partial charge in [0.15, 0.2) is 0 Å². The van der Waals surface area contributed by atoms with Gasteiger partial charge in [-0.25, -0.2) is 4.79 Å². The Kier molecular flexibility index (Phi) is 7.04. The third-order valence-corrected chi connectivity index (χ3v) is 4.96. The maximum atomic E-state index is 12.6. The highest BCUT2D eigenvalue weighted by Crippen LogP contribution is 2.30. The van der Waals surface area contributed by atoms with Gasteiger partial charge in [-0.05, 0) is 56.9 Å². The largest absolute Gasteiger partial charge is 0.508 e. The van der Waals surface area contributed by atoms with Crippen molar-refractivity contribution in [2.75, 3.05) is 0 Å². The second-order valence-corrected chi connectivity index (χ2v) is 7.61. The number of hydrogen-bond donors (Lipinski definition) is 2. The summed E-state index contributed by atoms with van der Waals surface area (Å²) >= 11 is 0. The van der Waals surface area contributed by atoms with E-state index in [9.17, 15) is 15.0 Å². The van der Waals surface area contributed by atoms with Crippen LogP contribution in [0.1, 0.15) is 57.3 Å². The molecule has 0 spiro atoms. The third-order valence-electron chi connectivity index (χ3n) is 4.96. The average molecular weight is 358 g/mol. The van der Waals surface area contributed by atoms with Gasteiger partial charge in [-0.3, -0.25) is 0 Å². The molecule has 3 atom stereocenters. The van der Waals surface area contributed by atoms with Crippen molar-refractivity contribution in [3.8, 4) is 5.75 Å². The lowest BCUT2D eigenvalue weighted by molar-refractivity contribution is -0.0216. The van der Waals surface area contributed by atoms with Crippen molar-refractivity contribution < 1.29 is 19.7 Å². The molecule has 2 N–H and O–H groups in total. The Morgan fingerprint density at radius 3 is 2.42 bits per heavy atom. The first-order chi connectivity index (χ1) is 12.3. The molecule has 4 heteroatoms. The summed E-state index contributed by atoms with van der Waals surface area (Å²) in [5.41, 5.74) is 2.71. The molecular weight excluding hydrogens is 328 g/mol. The van der Waals surface area contributed by atoms with E-state index < -0.39 is 18.2 Å². The minimum atomic E-state index is -0.654. The lowest BCUT2D eigenvalue weighted by Crippen LogP contribution is -2.38. The van der Waals surface area contributed by atoms with Crippen LogP contribution in [0.4, 0.5) is 0 Å². The fourth-order valence-electron chi connectivity index (χ4n) is 3.54. The number of aromatic hydroxyl groups is 1. The number of allylic oxidation sites excluding steroid dienone is 2. The molecule has 0 unspecified atom stereocenters. The molecule has 4 nitrogen and oxygen atoms in total. The zero-order valence-corrected chi connectivity index (χ0v) is 16.1. The van der Waals surface area contributed by atoms with E-state index in [0.29, 0.717) is 12.0 Å². The maximum absolute atomic E-state index is 12.6. The number of ether oxygens (including phenoxy) is 1. The topological polar surface area (TPSA) is 66.8 Å². The van der Waals surface area contributed by atoms with Crippen LogP contribution in [0.3, 0.4) is 0 Å². The minimum absolute atomic E-state index is 0.107. The molecule has 142 valence electrons. The molecule has 1 aromatic carbocycles. The van der Waals surface area contributed by atoms with Crippen molar-refractivity contribution in [3.63, 3.8) is 0 Å². The van der Waals surface area contributed by atoms with Crippen LogP contribution in [0.2, 0.25) is 0 Å². The summed E-state index contributed by atoms with van der Waals surface area (Å²) < 4.78 is 5.85. The lowest BCUT2D eigenvalue weighted by atomic mass is 9.81. The first-order valence-corrected chi connectivity index (χ1v) is 9.29. The van der Waals surface area contributed by atoms with Crippen molar-refractivity contribution in [2.24, 2.45) is 11.8 Å². The molecule has 0 aromatic heterocycles. The maximum Gasteiger partial charge on any atom is 0.338 e. The highest BCUT2D eigenvalue weighted by atomic mass is 16.5. The fourth-order valence-corrected chi connectivity index (χ4v) is 3.54. The summed E-state index contributed by atoms with van der Waals surface area (Å²) in [5, 5.41) is 20.2. The Hall–Kier alpha value is -2.07. The Balaban J connectivity index is 2.30. The van der Waals surface area contributed by atoms with Crippen molar-refractivity contribution >= 4 is 5.97 Å². The number of hydrogen-bond acceptors (Lipinski definition) is 4. The van der Waals surface area contributed by atoms with Gasteiger partial charge in [-0.15, -0.1) is 0 Å². The van der Waals surface area contributed by atoms with Gasteiger partial charge >= 0.3 is 5.97 Å². The first-order valence-electron chi connectivity index (χ1n) is 9.29. The molecule has 0 saturated carbocycles. The summed E-state index contributed by atoms with van der Waals surface area (Å²) in [4.78, 5) is 12.6. The molecule has 0 radical (unpaired) electrons. The fraction of sp³-hybridized carbons (Fsp3) is 0.500. The van der Waals surface area contributed by atoms with E-state index in [1.54, 1.807) is 12.1 Å². The number of benzene rings is 1. The quantitative estimate of drug-likeness (QED) is 0.611. The molecule has 26 heavy (non-hydrogen) atoms. The van der Waals surface area contributed by atoms with Crippen LogP contribution < -0.4 is 0 Å². The molecular formula is C22H30O4. The zero-order valence-electron chi connectivity index (χ0n) is 16.1. The minimum Gasteiger partial charge on any atom is -0.508 e. The zero-order chi connectivity index (χ0) is 19.3. The van der Waals surface area contributed by atoms with Crippen molar-refractivity contribution in [1.29, 1.82) is 0 Å². The predicted octanol–water partition coefficient (Wildman–Crippen LogP) is 4.63. The monoisotopic (exact) mass is 358 g/mol. The third kappa shape index (κ3) is 5.46. The number of carbonyl (C=O) groups excluding carboxylic acids is 1. The lowest BCUT2D eigenvalue weighted by Gasteiger charge is -2.33. The molecule has 1 aliphatic rings. The number of phenols is 1. The van der Waals surface area contributed by atoms with Crippen LogP contribution in [0.15, 0.2) is 47.6 Å². The van der Waals surface area contributed by atoms with Gasteiger partial charge in [0.2, 0.25) is 0 Å². The number of rotatable bonds is 3. The summed E-state index contributed by atoms with van der Waals surface area (Å²) in [6, 6.07) is 6.03. The van der Waals surface area contributed by atoms with Gasteiger partial charge in [-0.1, -0.05) is 37.1 Å². The van der Waals surface area contributed by atoms with Crippen LogP contribution in [0, 0.1) is 11.8 Å². The van der Waals surface area contributed by atoms with E-state index in [4.69, 9.17) is 4.74 Å². The summed E-state index contributed by atoms with van der Waals surface area (Å²) in [7, 11) is 0. The summed E-state index contributed by atoms with van der Waals surface area (Å²) in [5.74, 6) is -0.361. The van der Waals surface area contributed by atoms with E-state index in [1.807, 2.05) is 33.8 Å². The molecule has 0 bridgehead atoms. The van der Waals surface area contributed by atoms with Gasteiger partial charge < -0.3 is 14.9 Å². The van der Waals surface area contributed by atoms with E-state index >= 15 is 0 Å². The Labute approximate surface area is 156 Å². The number of aliphatic hydroxyl groups is 1. The van der Waals surface area contributed by atoms with Crippen molar-refractivity contribution in [2.45, 2.75) is 59.2 Å². The standard InChI is InChI=1S/C22H30O4/c1-14(2)21-19(24)12-15(3)6-5-7-16(4)13-20(21)26-22(25)17-8-10-18(23)11-9-17/h7-12,14,19-21,23-24H,5-6,13H2,1-4H3/b15-12-,16-7-/t19-,20-,21-/m0/s1. The Morgan fingerprint density at radius 2 is 1.81 bits per heavy atom. The van der Waals surface area contributed by atoms with Crippen molar-refractivity contribution in [1.82, 2.24) is 0 Å².